The van der Waals surface area contributed by atoms with E-state index in [9.17, 15) is 14.7 Å². The number of aromatic nitrogens is 3. The Morgan fingerprint density at radius 2 is 1.67 bits per heavy atom. The Morgan fingerprint density at radius 3 is 2.13 bits per heavy atom. The molecule has 30 heavy (non-hydrogen) atoms. The molecule has 11 heteroatoms. The molecule has 0 saturated carbocycles. The molecule has 0 bridgehead atoms. The Morgan fingerprint density at radius 1 is 1.10 bits per heavy atom. The van der Waals surface area contributed by atoms with Crippen LogP contribution in [0.5, 0.6) is 11.5 Å². The molecule has 1 aromatic heterocycles. The third-order valence-electron chi connectivity index (χ3n) is 3.23. The molecule has 1 unspecified atom stereocenters. The lowest BCUT2D eigenvalue weighted by Crippen LogP contribution is -2.35. The number of nitrogens with one attached hydrogen (secondary N) is 1. The van der Waals surface area contributed by atoms with Gasteiger partial charge in [-0.3, -0.25) is 0 Å². The van der Waals surface area contributed by atoms with E-state index in [0.29, 0.717) is 43.0 Å². The van der Waals surface area contributed by atoms with Crippen molar-refractivity contribution in [3.05, 3.63) is 48.8 Å². The van der Waals surface area contributed by atoms with E-state index in [1.165, 1.54) is 0 Å². The first-order chi connectivity index (χ1) is 14.3. The van der Waals surface area contributed by atoms with E-state index in [0.717, 1.165) is 0 Å². The highest BCUT2D eigenvalue weighted by Gasteiger charge is 2.06. The lowest BCUT2D eigenvalue weighted by atomic mass is 10.3. The zero-order valence-electron chi connectivity index (χ0n) is 16.7. The first kappa shape index (κ1) is 24.6. The number of hydrogen-bond donors (Lipinski definition) is 4. The number of benzene rings is 1. The zero-order chi connectivity index (χ0) is 22.4. The molecule has 0 amide bonds. The van der Waals surface area contributed by atoms with Crippen molar-refractivity contribution in [3.8, 4) is 11.5 Å². The molecule has 0 aliphatic heterocycles. The smallest absolute Gasteiger partial charge is 0.328 e. The van der Waals surface area contributed by atoms with E-state index < -0.39 is 18.0 Å². The minimum absolute atomic E-state index is 0.249. The van der Waals surface area contributed by atoms with Crippen molar-refractivity contribution in [2.45, 2.75) is 32.7 Å². The van der Waals surface area contributed by atoms with E-state index >= 15 is 0 Å². The van der Waals surface area contributed by atoms with Gasteiger partial charge in [-0.15, -0.1) is 5.10 Å². The molecular weight excluding hydrogens is 396 g/mol. The van der Waals surface area contributed by atoms with Gasteiger partial charge in [-0.05, 0) is 24.3 Å². The highest BCUT2D eigenvalue weighted by molar-refractivity contribution is 5.89. The highest BCUT2D eigenvalue weighted by Crippen LogP contribution is 2.18. The van der Waals surface area contributed by atoms with E-state index in [1.54, 1.807) is 29.2 Å². The summed E-state index contributed by atoms with van der Waals surface area (Å²) in [7, 11) is 0. The van der Waals surface area contributed by atoms with Crippen molar-refractivity contribution in [1.29, 1.82) is 0 Å². The molecule has 0 spiro atoms. The molecule has 1 aromatic carbocycles. The number of aliphatic carboxylic acids is 2. The monoisotopic (exact) mass is 422 g/mol. The predicted molar refractivity (Wildman–Crippen MR) is 106 cm³/mol. The van der Waals surface area contributed by atoms with Crippen molar-refractivity contribution < 1.29 is 34.4 Å². The third-order valence-corrected chi connectivity index (χ3v) is 3.23. The Kier molecular flexibility index (Phi) is 11.2. The van der Waals surface area contributed by atoms with Crippen LogP contribution in [0.3, 0.4) is 0 Å². The second-order valence-electron chi connectivity index (χ2n) is 6.22. The lowest BCUT2D eigenvalue weighted by Gasteiger charge is -2.15. The molecule has 4 N–H and O–H groups in total. The molecular formula is C19H26N4O7. The summed E-state index contributed by atoms with van der Waals surface area (Å²) in [6.07, 6.45) is 3.90. The minimum Gasteiger partial charge on any atom is -0.491 e. The molecule has 2 aromatic rings. The van der Waals surface area contributed by atoms with Crippen molar-refractivity contribution in [2.75, 3.05) is 13.2 Å². The van der Waals surface area contributed by atoms with Crippen molar-refractivity contribution >= 4 is 11.9 Å². The predicted octanol–water partition coefficient (Wildman–Crippen LogP) is 0.764. The Bertz CT molecular complexity index is 761. The van der Waals surface area contributed by atoms with E-state index in [4.69, 9.17) is 19.7 Å². The van der Waals surface area contributed by atoms with Crippen LogP contribution in [0.1, 0.15) is 13.8 Å². The number of nitrogens with zero attached hydrogens (tertiary/aromatic N) is 3. The first-order valence-electron chi connectivity index (χ1n) is 9.01. The molecule has 0 saturated heterocycles. The molecule has 11 nitrogen and oxygen atoms in total. The summed E-state index contributed by atoms with van der Waals surface area (Å²) in [4.78, 5) is 19.1. The molecule has 0 fully saturated rings. The molecule has 1 heterocycles. The van der Waals surface area contributed by atoms with Gasteiger partial charge in [-0.1, -0.05) is 19.1 Å². The summed E-state index contributed by atoms with van der Waals surface area (Å²) < 4.78 is 12.7. The van der Waals surface area contributed by atoms with Gasteiger partial charge in [0.05, 0.1) is 6.20 Å². The number of aliphatic hydroxyl groups is 1. The molecule has 0 aliphatic carbocycles. The number of rotatable bonds is 11. The fourth-order valence-corrected chi connectivity index (χ4v) is 1.84. The fraction of sp³-hybridized carbons (Fsp3) is 0.368. The van der Waals surface area contributed by atoms with Crippen LogP contribution >= 0.6 is 0 Å². The maximum atomic E-state index is 9.78. The van der Waals surface area contributed by atoms with Gasteiger partial charge in [0.15, 0.2) is 6.73 Å². The van der Waals surface area contributed by atoms with Gasteiger partial charge in [0, 0.05) is 30.9 Å². The van der Waals surface area contributed by atoms with E-state index in [2.05, 4.69) is 15.6 Å². The second-order valence-corrected chi connectivity index (χ2v) is 6.22. The topological polar surface area (TPSA) is 156 Å². The summed E-state index contributed by atoms with van der Waals surface area (Å²) in [6, 6.07) is 7.57. The number of hydrogen-bond acceptors (Lipinski definition) is 8. The standard InChI is InChI=1S/C15H22N4O3.C4H4O4/c1-12(2)16-9-13(20)10-21-14-3-5-15(6-4-14)22-11-19-8-7-17-18-19;5-3(6)1-2-4(7)8/h3-8,12-13,16,20H,9-11H2,1-2H3;1-2H,(H,5,6)(H,7,8)/b;2-1-. The van der Waals surface area contributed by atoms with Gasteiger partial charge in [-0.2, -0.15) is 0 Å². The molecule has 1 atom stereocenters. The zero-order valence-corrected chi connectivity index (χ0v) is 16.7. The van der Waals surface area contributed by atoms with Crippen LogP contribution in [0, 0.1) is 0 Å². The quantitative estimate of drug-likeness (QED) is 0.381. The van der Waals surface area contributed by atoms with Gasteiger partial charge in [-0.25, -0.2) is 14.3 Å². The van der Waals surface area contributed by atoms with Crippen molar-refractivity contribution in [2.24, 2.45) is 0 Å². The van der Waals surface area contributed by atoms with Crippen LogP contribution in [0.2, 0.25) is 0 Å². The SMILES string of the molecule is CC(C)NCC(O)COc1ccc(OCn2ccnn2)cc1.O=C(O)/C=C\C(=O)O. The van der Waals surface area contributed by atoms with E-state index in [-0.39, 0.29) is 6.61 Å². The van der Waals surface area contributed by atoms with Crippen molar-refractivity contribution in [1.82, 2.24) is 20.3 Å². The number of carbonyl (C=O) groups is 2. The third kappa shape index (κ3) is 12.1. The normalized spacial score (nSPS) is 11.6. The van der Waals surface area contributed by atoms with Crippen LogP contribution in [-0.2, 0) is 16.3 Å². The largest absolute Gasteiger partial charge is 0.491 e. The average Bonchev–Trinajstić information content (AvgIpc) is 3.22. The molecule has 164 valence electrons. The van der Waals surface area contributed by atoms with Gasteiger partial charge >= 0.3 is 11.9 Å². The van der Waals surface area contributed by atoms with E-state index in [1.807, 2.05) is 26.0 Å². The maximum Gasteiger partial charge on any atom is 0.328 e. The Hall–Kier alpha value is -3.44. The van der Waals surface area contributed by atoms with Gasteiger partial charge < -0.3 is 30.1 Å². The minimum atomic E-state index is -1.26. The van der Waals surface area contributed by atoms with Crippen LogP contribution < -0.4 is 14.8 Å². The number of aliphatic hydroxyl groups excluding tert-OH is 1. The number of carboxylic acid groups (broad SMARTS) is 2. The van der Waals surface area contributed by atoms with Crippen LogP contribution in [0.25, 0.3) is 0 Å². The summed E-state index contributed by atoms with van der Waals surface area (Å²) >= 11 is 0. The maximum absolute atomic E-state index is 9.78. The van der Waals surface area contributed by atoms with Crippen LogP contribution in [-0.4, -0.2) is 67.5 Å². The lowest BCUT2D eigenvalue weighted by molar-refractivity contribution is -0.134. The fourth-order valence-electron chi connectivity index (χ4n) is 1.84. The molecule has 0 radical (unpaired) electrons. The summed E-state index contributed by atoms with van der Waals surface area (Å²) in [5.74, 6) is -1.11. The average molecular weight is 422 g/mol. The van der Waals surface area contributed by atoms with Gasteiger partial charge in [0.2, 0.25) is 0 Å². The second kappa shape index (κ2) is 13.7. The number of carboxylic acids is 2. The summed E-state index contributed by atoms with van der Waals surface area (Å²) in [6.45, 7) is 5.13. The first-order valence-corrected chi connectivity index (χ1v) is 9.01. The van der Waals surface area contributed by atoms with Crippen LogP contribution in [0.4, 0.5) is 0 Å². The van der Waals surface area contributed by atoms with Crippen molar-refractivity contribution in [3.63, 3.8) is 0 Å². The summed E-state index contributed by atoms with van der Waals surface area (Å²) in [5.41, 5.74) is 0. The number of ether oxygens (including phenoxy) is 2. The summed E-state index contributed by atoms with van der Waals surface area (Å²) in [5, 5.41) is 36.1. The van der Waals surface area contributed by atoms with Crippen LogP contribution in [0.15, 0.2) is 48.8 Å². The molecule has 0 aliphatic rings. The van der Waals surface area contributed by atoms with Gasteiger partial charge in [0.25, 0.3) is 0 Å². The Balaban J connectivity index is 0.000000479. The van der Waals surface area contributed by atoms with Gasteiger partial charge in [0.1, 0.15) is 24.2 Å². The molecule has 2 rings (SSSR count). The highest BCUT2D eigenvalue weighted by atomic mass is 16.5. The Labute approximate surface area is 173 Å².